The first-order valence-electron chi connectivity index (χ1n) is 10.8. The zero-order valence-corrected chi connectivity index (χ0v) is 28.8. The van der Waals surface area contributed by atoms with Crippen LogP contribution in [-0.2, 0) is 14.7 Å². The second-order valence-electron chi connectivity index (χ2n) is 7.70. The van der Waals surface area contributed by atoms with Gasteiger partial charge in [0.25, 0.3) is 0 Å². The van der Waals surface area contributed by atoms with Crippen molar-refractivity contribution in [3.05, 3.63) is 65.2 Å². The van der Waals surface area contributed by atoms with E-state index in [1.807, 2.05) is 0 Å². The zero-order valence-electron chi connectivity index (χ0n) is 23.1. The summed E-state index contributed by atoms with van der Waals surface area (Å²) in [6.07, 6.45) is 2.98. The minimum absolute atomic E-state index is 0. The molecule has 3 rings (SSSR count). The Morgan fingerprint density at radius 3 is 1.75 bits per heavy atom. The Morgan fingerprint density at radius 2 is 1.27 bits per heavy atom. The van der Waals surface area contributed by atoms with E-state index in [1.165, 1.54) is 58.8 Å². The predicted molar refractivity (Wildman–Crippen MR) is 135 cm³/mol. The van der Waals surface area contributed by atoms with E-state index in [1.54, 1.807) is 37.3 Å². The van der Waals surface area contributed by atoms with Gasteiger partial charge in [-0.2, -0.15) is 8.42 Å². The molecule has 0 spiro atoms. The molecule has 0 heterocycles. The fraction of sp³-hybridized carbons (Fsp3) is 0.200. The van der Waals surface area contributed by atoms with Gasteiger partial charge in [-0.15, -0.1) is 0 Å². The summed E-state index contributed by atoms with van der Waals surface area (Å²) >= 11 is 0. The molecular formula is C25H25Na2O11PS. The van der Waals surface area contributed by atoms with Gasteiger partial charge in [0.05, 0.1) is 28.4 Å². The monoisotopic (exact) mass is 610 g/mol. The Labute approximate surface area is 277 Å². The van der Waals surface area contributed by atoms with Crippen LogP contribution in [-0.4, -0.2) is 36.9 Å². The third kappa shape index (κ3) is 9.15. The van der Waals surface area contributed by atoms with Crippen molar-refractivity contribution in [1.82, 2.24) is 0 Å². The summed E-state index contributed by atoms with van der Waals surface area (Å²) in [5, 5.41) is 0. The third-order valence-corrected chi connectivity index (χ3v) is 6.82. The van der Waals surface area contributed by atoms with E-state index in [2.05, 4.69) is 4.52 Å². The molecule has 15 heteroatoms. The largest absolute Gasteiger partial charge is 1.00 e. The van der Waals surface area contributed by atoms with Crippen LogP contribution in [0.1, 0.15) is 16.7 Å². The van der Waals surface area contributed by atoms with Crippen molar-refractivity contribution < 1.29 is 110 Å². The minimum atomic E-state index is -5.65. The second kappa shape index (κ2) is 15.5. The number of hydrogen-bond acceptors (Lipinski definition) is 11. The van der Waals surface area contributed by atoms with Crippen LogP contribution in [0.4, 0.5) is 0 Å². The SMILES string of the molecule is COc1cc(/C=C\c2ccc(OC)c(OP(=O)([O-])[O-])c2OS(=O)(=O)c2ccc(C)cc2)cc(OC)c1OC.[Na+].[Na+]. The van der Waals surface area contributed by atoms with Gasteiger partial charge >= 0.3 is 69.2 Å². The number of methoxy groups -OCH3 is 4. The van der Waals surface area contributed by atoms with Gasteiger partial charge in [0.1, 0.15) is 12.7 Å². The summed E-state index contributed by atoms with van der Waals surface area (Å²) in [6, 6.07) is 11.7. The van der Waals surface area contributed by atoms with Gasteiger partial charge in [-0.25, -0.2) is 0 Å². The number of phosphoric acid groups is 1. The molecule has 0 aliphatic carbocycles. The normalized spacial score (nSPS) is 11.2. The molecule has 0 saturated heterocycles. The summed E-state index contributed by atoms with van der Waals surface area (Å²) in [5.41, 5.74) is 1.41. The van der Waals surface area contributed by atoms with Crippen molar-refractivity contribution in [2.24, 2.45) is 0 Å². The average molecular weight is 610 g/mol. The average Bonchev–Trinajstić information content (AvgIpc) is 2.87. The van der Waals surface area contributed by atoms with Gasteiger partial charge in [-0.05, 0) is 48.9 Å². The predicted octanol–water partition coefficient (Wildman–Crippen LogP) is -2.82. The fourth-order valence-electron chi connectivity index (χ4n) is 3.38. The molecule has 11 nitrogen and oxygen atoms in total. The van der Waals surface area contributed by atoms with Crippen LogP contribution in [0.3, 0.4) is 0 Å². The Kier molecular flexibility index (Phi) is 14.1. The van der Waals surface area contributed by atoms with Gasteiger partial charge < -0.3 is 42.0 Å². The number of ether oxygens (including phenoxy) is 4. The first-order valence-corrected chi connectivity index (χ1v) is 13.7. The first-order chi connectivity index (χ1) is 17.9. The standard InChI is InChI=1S/C25H27O11PS.2Na/c1-16-6-11-19(12-7-16)38(29,30)36-23-18(10-13-20(31-2)25(23)35-37(26,27)28)9-8-17-14-21(32-3)24(34-5)22(15-17)33-4;;/h6-15H,1-5H3,(H2,26,27,28);;/q;2*+1/p-2/b9-8-;;. The second-order valence-corrected chi connectivity index (χ2v) is 10.3. The molecule has 0 radical (unpaired) electrons. The number of benzene rings is 3. The molecule has 0 atom stereocenters. The van der Waals surface area contributed by atoms with Gasteiger partial charge in [0.2, 0.25) is 11.5 Å². The van der Waals surface area contributed by atoms with E-state index in [9.17, 15) is 22.8 Å². The number of phosphoric ester groups is 1. The van der Waals surface area contributed by atoms with Crippen molar-refractivity contribution in [2.45, 2.75) is 11.8 Å². The molecule has 0 amide bonds. The van der Waals surface area contributed by atoms with Crippen molar-refractivity contribution in [3.63, 3.8) is 0 Å². The van der Waals surface area contributed by atoms with Gasteiger partial charge in [0.15, 0.2) is 23.0 Å². The number of hydrogen-bond donors (Lipinski definition) is 0. The van der Waals surface area contributed by atoms with Gasteiger partial charge in [0, 0.05) is 5.56 Å². The molecule has 0 aliphatic heterocycles. The Morgan fingerprint density at radius 1 is 0.725 bits per heavy atom. The van der Waals surface area contributed by atoms with Crippen molar-refractivity contribution in [1.29, 1.82) is 0 Å². The van der Waals surface area contributed by atoms with E-state index in [0.29, 0.717) is 22.8 Å². The molecule has 0 aliphatic rings. The maximum atomic E-state index is 13.1. The molecular weight excluding hydrogens is 585 g/mol. The minimum Gasteiger partial charge on any atom is -0.780 e. The molecule has 0 fully saturated rings. The van der Waals surface area contributed by atoms with E-state index < -0.39 is 29.4 Å². The Balaban J connectivity index is 0.00000400. The third-order valence-electron chi connectivity index (χ3n) is 5.17. The van der Waals surface area contributed by atoms with Crippen molar-refractivity contribution >= 4 is 30.1 Å². The van der Waals surface area contributed by atoms with Crippen LogP contribution in [0, 0.1) is 6.92 Å². The summed E-state index contributed by atoms with van der Waals surface area (Å²) in [5.74, 6) is -0.438. The van der Waals surface area contributed by atoms with Crippen LogP contribution in [0.5, 0.6) is 34.5 Å². The summed E-state index contributed by atoms with van der Waals surface area (Å²) in [7, 11) is -4.60. The van der Waals surface area contributed by atoms with Crippen LogP contribution in [0.25, 0.3) is 12.2 Å². The molecule has 3 aromatic rings. The van der Waals surface area contributed by atoms with Crippen LogP contribution < -0.4 is 96.6 Å². The molecule has 0 aromatic heterocycles. The number of aryl methyl sites for hydroxylation is 1. The Hall–Kier alpha value is -1.70. The molecule has 0 unspecified atom stereocenters. The molecule has 0 saturated carbocycles. The topological polar surface area (TPSA) is 153 Å². The van der Waals surface area contributed by atoms with Crippen LogP contribution >= 0.6 is 7.82 Å². The van der Waals surface area contributed by atoms with Gasteiger partial charge in [-0.3, -0.25) is 0 Å². The van der Waals surface area contributed by atoms with Gasteiger partial charge in [-0.1, -0.05) is 29.8 Å². The molecule has 0 bridgehead atoms. The maximum absolute atomic E-state index is 13.1. The van der Waals surface area contributed by atoms with Crippen molar-refractivity contribution in [2.75, 3.05) is 28.4 Å². The molecule has 40 heavy (non-hydrogen) atoms. The summed E-state index contributed by atoms with van der Waals surface area (Å²) in [6.45, 7) is 1.78. The maximum Gasteiger partial charge on any atom is 1.00 e. The summed E-state index contributed by atoms with van der Waals surface area (Å²) in [4.78, 5) is 22.8. The number of rotatable bonds is 11. The zero-order chi connectivity index (χ0) is 28.1. The smallest absolute Gasteiger partial charge is 0.780 e. The van der Waals surface area contributed by atoms with E-state index >= 15 is 0 Å². The molecule has 3 aromatic carbocycles. The molecule has 204 valence electrons. The van der Waals surface area contributed by atoms with Crippen LogP contribution in [0.2, 0.25) is 0 Å². The van der Waals surface area contributed by atoms with Crippen molar-refractivity contribution in [3.8, 4) is 34.5 Å². The quantitative estimate of drug-likeness (QED) is 0.0957. The fourth-order valence-corrected chi connectivity index (χ4v) is 4.74. The van der Waals surface area contributed by atoms with E-state index in [-0.39, 0.29) is 75.3 Å². The molecule has 0 N–H and O–H groups in total. The van der Waals surface area contributed by atoms with E-state index in [0.717, 1.165) is 5.56 Å². The first kappa shape index (κ1) is 36.3. The summed E-state index contributed by atoms with van der Waals surface area (Å²) < 4.78 is 68.7. The Bertz CT molecular complexity index is 1460. The van der Waals surface area contributed by atoms with E-state index in [4.69, 9.17) is 23.1 Å². The van der Waals surface area contributed by atoms with Crippen LogP contribution in [0.15, 0.2) is 53.4 Å².